The van der Waals surface area contributed by atoms with E-state index in [0.717, 1.165) is 25.7 Å². The normalized spacial score (nSPS) is 18.8. The summed E-state index contributed by atoms with van der Waals surface area (Å²) in [6, 6.07) is 0. The van der Waals surface area contributed by atoms with Gasteiger partial charge in [-0.15, -0.1) is 0 Å². The molecule has 4 nitrogen and oxygen atoms in total. The minimum Gasteiger partial charge on any atom is -0.390 e. The Hall–Kier alpha value is -0.160. The molecule has 5 N–H and O–H groups in total. The summed E-state index contributed by atoms with van der Waals surface area (Å²) in [5, 5.41) is 26.4. The first-order valence-electron chi connectivity index (χ1n) is 7.60. The number of rotatable bonds is 4. The number of nitrogens with two attached hydrogens (primary N) is 1. The van der Waals surface area contributed by atoms with E-state index in [0.29, 0.717) is 12.5 Å². The Morgan fingerprint density at radius 2 is 1.53 bits per heavy atom. The average Bonchev–Trinajstić information content (AvgIpc) is 2.74. The quantitative estimate of drug-likeness (QED) is 0.594. The molecule has 1 fully saturated rings. The first kappa shape index (κ1) is 21.1. The molecule has 4 heteroatoms. The van der Waals surface area contributed by atoms with Gasteiger partial charge >= 0.3 is 0 Å². The van der Waals surface area contributed by atoms with Crippen molar-refractivity contribution >= 4 is 0 Å². The van der Waals surface area contributed by atoms with Gasteiger partial charge in [0.1, 0.15) is 0 Å². The summed E-state index contributed by atoms with van der Waals surface area (Å²) >= 11 is 0. The summed E-state index contributed by atoms with van der Waals surface area (Å²) in [5.74, 6) is -1.06. The third-order valence-electron chi connectivity index (χ3n) is 3.24. The molecule has 1 unspecified atom stereocenters. The summed E-state index contributed by atoms with van der Waals surface area (Å²) in [5.41, 5.74) is 5.15. The lowest BCUT2D eigenvalue weighted by atomic mass is 9.82. The molecule has 0 radical (unpaired) electrons. The molecule has 0 saturated heterocycles. The lowest BCUT2D eigenvalue weighted by molar-refractivity contribution is -0.127. The zero-order valence-corrected chi connectivity index (χ0v) is 13.4. The number of aliphatic hydroxyl groups is 3. The van der Waals surface area contributed by atoms with Crippen LogP contribution in [0.2, 0.25) is 0 Å². The van der Waals surface area contributed by atoms with Crippen LogP contribution in [0.3, 0.4) is 0 Å². The highest BCUT2D eigenvalue weighted by Gasteiger charge is 2.37. The van der Waals surface area contributed by atoms with Crippen molar-refractivity contribution < 1.29 is 15.3 Å². The van der Waals surface area contributed by atoms with Crippen LogP contribution in [0.25, 0.3) is 0 Å². The standard InChI is InChI=1S/C10H21NO.C3H8O2.C2H6/c1-2-9(5-8-11)10(12)6-3-4-7-10;1-3(2,4)5;1-2/h9,12H,2-8,11H2,1H3;4-5H,1-2H3;1-2H3. The topological polar surface area (TPSA) is 86.7 Å². The molecule has 1 rings (SSSR count). The van der Waals surface area contributed by atoms with Crippen molar-refractivity contribution in [1.29, 1.82) is 0 Å². The van der Waals surface area contributed by atoms with Crippen LogP contribution in [-0.2, 0) is 0 Å². The molecule has 0 aromatic rings. The SMILES string of the molecule is CC.CC(C)(O)O.CCC(CCN)C1(O)CCCC1. The number of hydrogen-bond acceptors (Lipinski definition) is 4. The molecular weight excluding hydrogens is 242 g/mol. The van der Waals surface area contributed by atoms with Crippen LogP contribution in [0.5, 0.6) is 0 Å². The summed E-state index contributed by atoms with van der Waals surface area (Å²) < 4.78 is 0. The van der Waals surface area contributed by atoms with Gasteiger partial charge in [-0.05, 0) is 45.6 Å². The van der Waals surface area contributed by atoms with E-state index in [1.807, 2.05) is 13.8 Å². The van der Waals surface area contributed by atoms with Crippen LogP contribution in [0, 0.1) is 5.92 Å². The Bertz CT molecular complexity index is 190. The van der Waals surface area contributed by atoms with Crippen molar-refractivity contribution in [2.24, 2.45) is 11.7 Å². The Balaban J connectivity index is 0. The van der Waals surface area contributed by atoms with Crippen molar-refractivity contribution in [3.63, 3.8) is 0 Å². The lowest BCUT2D eigenvalue weighted by Crippen LogP contribution is -2.35. The highest BCUT2D eigenvalue weighted by molar-refractivity contribution is 4.90. The van der Waals surface area contributed by atoms with Crippen LogP contribution >= 0.6 is 0 Å². The molecule has 19 heavy (non-hydrogen) atoms. The molecule has 118 valence electrons. The molecule has 0 heterocycles. The van der Waals surface area contributed by atoms with Crippen LogP contribution in [0.4, 0.5) is 0 Å². The van der Waals surface area contributed by atoms with E-state index in [1.165, 1.54) is 26.7 Å². The van der Waals surface area contributed by atoms with Gasteiger partial charge in [0.2, 0.25) is 0 Å². The van der Waals surface area contributed by atoms with Gasteiger partial charge in [0.25, 0.3) is 0 Å². The second kappa shape index (κ2) is 10.6. The molecule has 1 aliphatic rings. The summed E-state index contributed by atoms with van der Waals surface area (Å²) in [6.07, 6.45) is 6.41. The predicted octanol–water partition coefficient (Wildman–Crippen LogP) is 2.40. The van der Waals surface area contributed by atoms with Crippen molar-refractivity contribution in [1.82, 2.24) is 0 Å². The Morgan fingerprint density at radius 1 is 1.16 bits per heavy atom. The van der Waals surface area contributed by atoms with Crippen molar-refractivity contribution in [2.75, 3.05) is 6.54 Å². The van der Waals surface area contributed by atoms with Crippen LogP contribution in [0.1, 0.15) is 73.1 Å². The van der Waals surface area contributed by atoms with Crippen LogP contribution in [0.15, 0.2) is 0 Å². The van der Waals surface area contributed by atoms with Gasteiger partial charge in [-0.3, -0.25) is 0 Å². The first-order chi connectivity index (χ1) is 8.73. The second-order valence-corrected chi connectivity index (χ2v) is 5.49. The second-order valence-electron chi connectivity index (χ2n) is 5.49. The molecule has 1 saturated carbocycles. The van der Waals surface area contributed by atoms with E-state index in [-0.39, 0.29) is 5.60 Å². The first-order valence-corrected chi connectivity index (χ1v) is 7.60. The van der Waals surface area contributed by atoms with Gasteiger partial charge in [-0.2, -0.15) is 0 Å². The smallest absolute Gasteiger partial charge is 0.156 e. The van der Waals surface area contributed by atoms with E-state index < -0.39 is 5.79 Å². The highest BCUT2D eigenvalue weighted by Crippen LogP contribution is 2.38. The van der Waals surface area contributed by atoms with E-state index >= 15 is 0 Å². The van der Waals surface area contributed by atoms with Crippen molar-refractivity contribution in [3.05, 3.63) is 0 Å². The maximum Gasteiger partial charge on any atom is 0.156 e. The Labute approximate surface area is 119 Å². The van der Waals surface area contributed by atoms with Gasteiger partial charge in [-0.25, -0.2) is 0 Å². The molecule has 0 bridgehead atoms. The maximum absolute atomic E-state index is 10.2. The van der Waals surface area contributed by atoms with Gasteiger partial charge < -0.3 is 21.1 Å². The lowest BCUT2D eigenvalue weighted by Gasteiger charge is -2.31. The molecule has 1 atom stereocenters. The molecular formula is C15H35NO3. The monoisotopic (exact) mass is 277 g/mol. The largest absolute Gasteiger partial charge is 0.390 e. The molecule has 0 aromatic carbocycles. The minimum absolute atomic E-state index is 0.367. The third kappa shape index (κ3) is 11.4. The van der Waals surface area contributed by atoms with Gasteiger partial charge in [0.15, 0.2) is 5.79 Å². The third-order valence-corrected chi connectivity index (χ3v) is 3.24. The predicted molar refractivity (Wildman–Crippen MR) is 80.7 cm³/mol. The van der Waals surface area contributed by atoms with Gasteiger partial charge in [-0.1, -0.05) is 40.0 Å². The zero-order chi connectivity index (χ0) is 15.5. The van der Waals surface area contributed by atoms with E-state index in [9.17, 15) is 5.11 Å². The summed E-state index contributed by atoms with van der Waals surface area (Å²) in [7, 11) is 0. The summed E-state index contributed by atoms with van der Waals surface area (Å²) in [4.78, 5) is 0. The van der Waals surface area contributed by atoms with Gasteiger partial charge in [0, 0.05) is 0 Å². The zero-order valence-electron chi connectivity index (χ0n) is 13.4. The molecule has 0 spiro atoms. The Morgan fingerprint density at radius 3 is 1.79 bits per heavy atom. The average molecular weight is 277 g/mol. The maximum atomic E-state index is 10.2. The van der Waals surface area contributed by atoms with E-state index in [2.05, 4.69) is 6.92 Å². The fourth-order valence-corrected chi connectivity index (χ4v) is 2.45. The Kier molecular flexibility index (Phi) is 11.8. The highest BCUT2D eigenvalue weighted by atomic mass is 16.5. The molecule has 0 amide bonds. The fourth-order valence-electron chi connectivity index (χ4n) is 2.45. The van der Waals surface area contributed by atoms with Crippen LogP contribution in [-0.4, -0.2) is 33.3 Å². The molecule has 0 aromatic heterocycles. The van der Waals surface area contributed by atoms with Gasteiger partial charge in [0.05, 0.1) is 5.60 Å². The van der Waals surface area contributed by atoms with Crippen molar-refractivity contribution in [2.45, 2.75) is 84.5 Å². The molecule has 0 aliphatic heterocycles. The van der Waals surface area contributed by atoms with Crippen molar-refractivity contribution in [3.8, 4) is 0 Å². The summed E-state index contributed by atoms with van der Waals surface area (Å²) in [6.45, 7) is 9.46. The van der Waals surface area contributed by atoms with E-state index in [1.54, 1.807) is 0 Å². The molecule has 1 aliphatic carbocycles. The fraction of sp³-hybridized carbons (Fsp3) is 1.00. The van der Waals surface area contributed by atoms with Crippen LogP contribution < -0.4 is 5.73 Å². The van der Waals surface area contributed by atoms with E-state index in [4.69, 9.17) is 15.9 Å². The number of hydrogen-bond donors (Lipinski definition) is 4. The minimum atomic E-state index is -1.50.